The second-order valence-corrected chi connectivity index (χ2v) is 5.58. The summed E-state index contributed by atoms with van der Waals surface area (Å²) in [5.41, 5.74) is 0.630. The lowest BCUT2D eigenvalue weighted by Crippen LogP contribution is -2.61. The van der Waals surface area contributed by atoms with Gasteiger partial charge in [-0.3, -0.25) is 4.90 Å². The van der Waals surface area contributed by atoms with Crippen LogP contribution in [0.3, 0.4) is 0 Å². The molecule has 0 amide bonds. The molecule has 0 aromatic heterocycles. The molecule has 15 heavy (non-hydrogen) atoms. The fraction of sp³-hybridized carbons (Fsp3) is 1.00. The fourth-order valence-corrected chi connectivity index (χ4v) is 2.58. The van der Waals surface area contributed by atoms with Crippen molar-refractivity contribution in [2.75, 3.05) is 14.1 Å². The molecule has 1 fully saturated rings. The maximum absolute atomic E-state index is 3.41. The standard InChI is InChI=1S/C11H24N2.C2H6/c1-10(2)7-9(12-5)8-11(3,4)13(10)6;1-2/h9,12H,7-8H2,1-6H3;1-2H3. The van der Waals surface area contributed by atoms with Crippen molar-refractivity contribution in [3.8, 4) is 0 Å². The third kappa shape index (κ3) is 3.46. The van der Waals surface area contributed by atoms with Gasteiger partial charge in [0.2, 0.25) is 0 Å². The summed E-state index contributed by atoms with van der Waals surface area (Å²) in [6.45, 7) is 13.3. The van der Waals surface area contributed by atoms with E-state index in [9.17, 15) is 0 Å². The first-order valence-corrected chi connectivity index (χ1v) is 6.21. The van der Waals surface area contributed by atoms with E-state index in [1.807, 2.05) is 13.8 Å². The second kappa shape index (κ2) is 5.31. The van der Waals surface area contributed by atoms with Gasteiger partial charge >= 0.3 is 0 Å². The second-order valence-electron chi connectivity index (χ2n) is 5.58. The van der Waals surface area contributed by atoms with Gasteiger partial charge in [-0.25, -0.2) is 0 Å². The summed E-state index contributed by atoms with van der Waals surface area (Å²) in [4.78, 5) is 2.51. The van der Waals surface area contributed by atoms with Gasteiger partial charge in [-0.1, -0.05) is 13.8 Å². The van der Waals surface area contributed by atoms with Crippen molar-refractivity contribution in [1.82, 2.24) is 10.2 Å². The summed E-state index contributed by atoms with van der Waals surface area (Å²) >= 11 is 0. The van der Waals surface area contributed by atoms with E-state index in [4.69, 9.17) is 0 Å². The largest absolute Gasteiger partial charge is 0.317 e. The zero-order valence-electron chi connectivity index (χ0n) is 11.9. The zero-order chi connectivity index (χ0) is 12.3. The molecule has 1 heterocycles. The van der Waals surface area contributed by atoms with Crippen molar-refractivity contribution in [2.45, 2.75) is 71.5 Å². The highest BCUT2D eigenvalue weighted by Crippen LogP contribution is 2.36. The van der Waals surface area contributed by atoms with E-state index >= 15 is 0 Å². The Morgan fingerprint density at radius 3 is 1.60 bits per heavy atom. The molecule has 2 heteroatoms. The molecular formula is C13H30N2. The number of piperidine rings is 1. The first kappa shape index (κ1) is 14.9. The van der Waals surface area contributed by atoms with Crippen LogP contribution in [0.25, 0.3) is 0 Å². The Morgan fingerprint density at radius 1 is 1.00 bits per heavy atom. The number of rotatable bonds is 1. The Labute approximate surface area is 96.4 Å². The van der Waals surface area contributed by atoms with Crippen LogP contribution in [-0.4, -0.2) is 36.1 Å². The quantitative estimate of drug-likeness (QED) is 0.722. The third-order valence-electron chi connectivity index (χ3n) is 3.72. The number of nitrogens with one attached hydrogen (secondary N) is 1. The molecule has 0 radical (unpaired) electrons. The fourth-order valence-electron chi connectivity index (χ4n) is 2.58. The highest BCUT2D eigenvalue weighted by atomic mass is 15.2. The van der Waals surface area contributed by atoms with E-state index < -0.39 is 0 Å². The lowest BCUT2D eigenvalue weighted by Gasteiger charge is -2.53. The molecule has 0 aliphatic carbocycles. The van der Waals surface area contributed by atoms with Crippen LogP contribution in [0.5, 0.6) is 0 Å². The highest BCUT2D eigenvalue weighted by Gasteiger charge is 2.42. The molecule has 0 aromatic carbocycles. The van der Waals surface area contributed by atoms with E-state index in [2.05, 4.69) is 52.0 Å². The molecule has 1 N–H and O–H groups in total. The minimum absolute atomic E-state index is 0.315. The average molecular weight is 214 g/mol. The van der Waals surface area contributed by atoms with Crippen LogP contribution in [0, 0.1) is 0 Å². The van der Waals surface area contributed by atoms with Crippen LogP contribution in [0.4, 0.5) is 0 Å². The van der Waals surface area contributed by atoms with E-state index in [0.717, 1.165) is 0 Å². The molecule has 1 saturated heterocycles. The smallest absolute Gasteiger partial charge is 0.0170 e. The number of hydrogen-bond donors (Lipinski definition) is 1. The summed E-state index contributed by atoms with van der Waals surface area (Å²) in [5.74, 6) is 0. The van der Waals surface area contributed by atoms with E-state index in [-0.39, 0.29) is 0 Å². The predicted octanol–water partition coefficient (Wildman–Crippen LogP) is 2.88. The summed E-state index contributed by atoms with van der Waals surface area (Å²) in [6, 6.07) is 0.668. The summed E-state index contributed by atoms with van der Waals surface area (Å²) in [6.07, 6.45) is 2.48. The van der Waals surface area contributed by atoms with Gasteiger partial charge in [0, 0.05) is 17.1 Å². The van der Waals surface area contributed by atoms with Crippen molar-refractivity contribution < 1.29 is 0 Å². The molecular weight excluding hydrogens is 184 g/mol. The first-order valence-electron chi connectivity index (χ1n) is 6.21. The molecule has 0 saturated carbocycles. The molecule has 2 nitrogen and oxygen atoms in total. The molecule has 0 atom stereocenters. The lowest BCUT2D eigenvalue weighted by molar-refractivity contribution is -0.0167. The van der Waals surface area contributed by atoms with Crippen LogP contribution in [0.2, 0.25) is 0 Å². The molecule has 0 aromatic rings. The molecule has 0 unspecified atom stereocenters. The molecule has 0 spiro atoms. The van der Waals surface area contributed by atoms with Gasteiger partial charge in [0.15, 0.2) is 0 Å². The molecule has 1 aliphatic heterocycles. The SMILES string of the molecule is CC.CNC1CC(C)(C)N(C)C(C)(C)C1. The van der Waals surface area contributed by atoms with Crippen molar-refractivity contribution in [3.05, 3.63) is 0 Å². The Hall–Kier alpha value is -0.0800. The van der Waals surface area contributed by atoms with Gasteiger partial charge in [-0.15, -0.1) is 0 Å². The van der Waals surface area contributed by atoms with Gasteiger partial charge in [-0.2, -0.15) is 0 Å². The van der Waals surface area contributed by atoms with Gasteiger partial charge in [-0.05, 0) is 54.6 Å². The maximum Gasteiger partial charge on any atom is 0.0170 e. The maximum atomic E-state index is 3.41. The van der Waals surface area contributed by atoms with E-state index in [0.29, 0.717) is 17.1 Å². The van der Waals surface area contributed by atoms with Crippen molar-refractivity contribution in [3.63, 3.8) is 0 Å². The number of hydrogen-bond acceptors (Lipinski definition) is 2. The van der Waals surface area contributed by atoms with Crippen LogP contribution < -0.4 is 5.32 Å². The van der Waals surface area contributed by atoms with E-state index in [1.165, 1.54) is 12.8 Å². The van der Waals surface area contributed by atoms with Crippen LogP contribution in [0.15, 0.2) is 0 Å². The summed E-state index contributed by atoms with van der Waals surface area (Å²) in [5, 5.41) is 3.41. The summed E-state index contributed by atoms with van der Waals surface area (Å²) in [7, 11) is 4.31. The Balaban J connectivity index is 0.000000921. The molecule has 1 aliphatic rings. The molecule has 0 bridgehead atoms. The van der Waals surface area contributed by atoms with Gasteiger partial charge < -0.3 is 5.32 Å². The number of nitrogens with zero attached hydrogens (tertiary/aromatic N) is 1. The van der Waals surface area contributed by atoms with Gasteiger partial charge in [0.1, 0.15) is 0 Å². The van der Waals surface area contributed by atoms with Crippen molar-refractivity contribution in [1.29, 1.82) is 0 Å². The monoisotopic (exact) mass is 214 g/mol. The minimum Gasteiger partial charge on any atom is -0.317 e. The van der Waals surface area contributed by atoms with Crippen molar-refractivity contribution in [2.24, 2.45) is 0 Å². The topological polar surface area (TPSA) is 15.3 Å². The average Bonchev–Trinajstić information content (AvgIpc) is 2.16. The Bertz CT molecular complexity index is 167. The highest BCUT2D eigenvalue weighted by molar-refractivity contribution is 5.00. The molecule has 92 valence electrons. The normalized spacial score (nSPS) is 25.6. The van der Waals surface area contributed by atoms with Crippen LogP contribution in [-0.2, 0) is 0 Å². The van der Waals surface area contributed by atoms with Crippen molar-refractivity contribution >= 4 is 0 Å². The first-order chi connectivity index (χ1) is 6.79. The van der Waals surface area contributed by atoms with Gasteiger partial charge in [0.05, 0.1) is 0 Å². The minimum atomic E-state index is 0.315. The van der Waals surface area contributed by atoms with Crippen LogP contribution in [0.1, 0.15) is 54.4 Å². The zero-order valence-corrected chi connectivity index (χ0v) is 11.9. The van der Waals surface area contributed by atoms with Gasteiger partial charge in [0.25, 0.3) is 0 Å². The third-order valence-corrected chi connectivity index (χ3v) is 3.72. The van der Waals surface area contributed by atoms with Crippen LogP contribution >= 0.6 is 0 Å². The lowest BCUT2D eigenvalue weighted by atomic mass is 9.77. The Kier molecular flexibility index (Phi) is 5.28. The summed E-state index contributed by atoms with van der Waals surface area (Å²) < 4.78 is 0. The van der Waals surface area contributed by atoms with E-state index in [1.54, 1.807) is 0 Å². The molecule has 1 rings (SSSR count). The predicted molar refractivity (Wildman–Crippen MR) is 69.4 cm³/mol. The Morgan fingerprint density at radius 2 is 1.33 bits per heavy atom. The number of likely N-dealkylation sites (tertiary alicyclic amines) is 1.